The van der Waals surface area contributed by atoms with Crippen molar-refractivity contribution < 1.29 is 14.2 Å². The molecule has 4 heteroatoms. The summed E-state index contributed by atoms with van der Waals surface area (Å²) in [5, 5.41) is 0. The first-order valence-corrected chi connectivity index (χ1v) is 4.96. The molecule has 0 fully saturated rings. The van der Waals surface area contributed by atoms with E-state index in [0.717, 1.165) is 15.8 Å². The highest BCUT2D eigenvalue weighted by Gasteiger charge is 2.00. The molecule has 3 nitrogen and oxygen atoms in total. The Balaban J connectivity index is 2.57. The van der Waals surface area contributed by atoms with Crippen LogP contribution in [0.3, 0.4) is 0 Å². The lowest BCUT2D eigenvalue weighted by Gasteiger charge is -2.06. The summed E-state index contributed by atoms with van der Waals surface area (Å²) in [5.41, 5.74) is 1.08. The molecule has 1 aromatic rings. The molecular formula is C10H13BrO3. The Morgan fingerprint density at radius 3 is 2.64 bits per heavy atom. The normalized spacial score (nSPS) is 10.2. The Labute approximate surface area is 92.1 Å². The van der Waals surface area contributed by atoms with E-state index in [1.54, 1.807) is 14.2 Å². The molecule has 0 heterocycles. The maximum absolute atomic E-state index is 5.21. The Bertz CT molecular complexity index is 289. The molecule has 0 atom stereocenters. The predicted molar refractivity (Wildman–Crippen MR) is 57.4 cm³/mol. The maximum atomic E-state index is 5.21. The molecule has 0 amide bonds. The Hall–Kier alpha value is -0.580. The van der Waals surface area contributed by atoms with E-state index >= 15 is 0 Å². The van der Waals surface area contributed by atoms with Crippen LogP contribution in [0.4, 0.5) is 0 Å². The van der Waals surface area contributed by atoms with Crippen molar-refractivity contribution >= 4 is 15.9 Å². The summed E-state index contributed by atoms with van der Waals surface area (Å²) in [7, 11) is 3.24. The molecule has 0 aliphatic carbocycles. The molecule has 0 aliphatic rings. The largest absolute Gasteiger partial charge is 0.496 e. The van der Waals surface area contributed by atoms with Gasteiger partial charge in [0.25, 0.3) is 0 Å². The second-order valence-electron chi connectivity index (χ2n) is 2.72. The van der Waals surface area contributed by atoms with Gasteiger partial charge in [-0.1, -0.05) is 6.07 Å². The summed E-state index contributed by atoms with van der Waals surface area (Å²) in [6.07, 6.45) is 0. The van der Waals surface area contributed by atoms with Crippen LogP contribution < -0.4 is 4.74 Å². The van der Waals surface area contributed by atoms with E-state index in [2.05, 4.69) is 15.9 Å². The third kappa shape index (κ3) is 3.29. The lowest BCUT2D eigenvalue weighted by Crippen LogP contribution is -1.97. The molecule has 0 bridgehead atoms. The number of ether oxygens (including phenoxy) is 3. The van der Waals surface area contributed by atoms with Crippen molar-refractivity contribution in [3.05, 3.63) is 28.2 Å². The van der Waals surface area contributed by atoms with Gasteiger partial charge in [0.1, 0.15) is 12.5 Å². The van der Waals surface area contributed by atoms with Crippen LogP contribution >= 0.6 is 15.9 Å². The topological polar surface area (TPSA) is 27.7 Å². The van der Waals surface area contributed by atoms with Gasteiger partial charge in [-0.15, -0.1) is 0 Å². The molecule has 0 N–H and O–H groups in total. The summed E-state index contributed by atoms with van der Waals surface area (Å²) >= 11 is 3.40. The van der Waals surface area contributed by atoms with Gasteiger partial charge in [-0.3, -0.25) is 0 Å². The average molecular weight is 261 g/mol. The van der Waals surface area contributed by atoms with Crippen LogP contribution in [0.1, 0.15) is 5.56 Å². The van der Waals surface area contributed by atoms with Gasteiger partial charge in [-0.25, -0.2) is 0 Å². The van der Waals surface area contributed by atoms with E-state index in [4.69, 9.17) is 14.2 Å². The number of benzene rings is 1. The fourth-order valence-corrected chi connectivity index (χ4v) is 1.63. The van der Waals surface area contributed by atoms with E-state index in [1.807, 2.05) is 18.2 Å². The molecule has 14 heavy (non-hydrogen) atoms. The highest BCUT2D eigenvalue weighted by molar-refractivity contribution is 9.10. The van der Waals surface area contributed by atoms with Crippen molar-refractivity contribution in [3.63, 3.8) is 0 Å². The number of hydrogen-bond donors (Lipinski definition) is 0. The Morgan fingerprint density at radius 1 is 1.29 bits per heavy atom. The van der Waals surface area contributed by atoms with Crippen LogP contribution in [0.15, 0.2) is 22.7 Å². The van der Waals surface area contributed by atoms with Crippen molar-refractivity contribution in [3.8, 4) is 5.75 Å². The molecule has 78 valence electrons. The molecule has 0 radical (unpaired) electrons. The van der Waals surface area contributed by atoms with Crippen molar-refractivity contribution in [2.75, 3.05) is 21.0 Å². The van der Waals surface area contributed by atoms with Gasteiger partial charge in [-0.05, 0) is 33.6 Å². The summed E-state index contributed by atoms with van der Waals surface area (Å²) in [6.45, 7) is 0.847. The Morgan fingerprint density at radius 2 is 2.07 bits per heavy atom. The zero-order chi connectivity index (χ0) is 10.4. The SMILES string of the molecule is COCOCc1ccc(OC)c(Br)c1. The van der Waals surface area contributed by atoms with Crippen molar-refractivity contribution in [1.29, 1.82) is 0 Å². The standard InChI is InChI=1S/C10H13BrO3/c1-12-7-14-6-8-3-4-10(13-2)9(11)5-8/h3-5H,6-7H2,1-2H3. The molecule has 1 rings (SSSR count). The van der Waals surface area contributed by atoms with Gasteiger partial charge in [0.15, 0.2) is 0 Å². The molecule has 0 saturated heterocycles. The monoisotopic (exact) mass is 260 g/mol. The molecule has 1 aromatic carbocycles. The first-order valence-electron chi connectivity index (χ1n) is 4.17. The van der Waals surface area contributed by atoms with E-state index in [-0.39, 0.29) is 0 Å². The van der Waals surface area contributed by atoms with Gasteiger partial charge >= 0.3 is 0 Å². The third-order valence-electron chi connectivity index (χ3n) is 1.69. The van der Waals surface area contributed by atoms with Crippen LogP contribution in [0.2, 0.25) is 0 Å². The lowest BCUT2D eigenvalue weighted by atomic mass is 10.2. The second-order valence-corrected chi connectivity index (χ2v) is 3.58. The van der Waals surface area contributed by atoms with Crippen LogP contribution in [0.25, 0.3) is 0 Å². The maximum Gasteiger partial charge on any atom is 0.146 e. The van der Waals surface area contributed by atoms with Gasteiger partial charge in [0.2, 0.25) is 0 Å². The zero-order valence-electron chi connectivity index (χ0n) is 8.25. The van der Waals surface area contributed by atoms with Crippen LogP contribution in [-0.4, -0.2) is 21.0 Å². The first-order chi connectivity index (χ1) is 6.77. The van der Waals surface area contributed by atoms with Gasteiger partial charge in [-0.2, -0.15) is 0 Å². The van der Waals surface area contributed by atoms with Crippen molar-refractivity contribution in [1.82, 2.24) is 0 Å². The number of rotatable bonds is 5. The minimum absolute atomic E-state index is 0.309. The highest BCUT2D eigenvalue weighted by Crippen LogP contribution is 2.25. The summed E-state index contributed by atoms with van der Waals surface area (Å²) in [5.74, 6) is 0.820. The summed E-state index contributed by atoms with van der Waals surface area (Å²) in [6, 6.07) is 5.82. The van der Waals surface area contributed by atoms with E-state index in [1.165, 1.54) is 0 Å². The number of halogens is 1. The quantitative estimate of drug-likeness (QED) is 0.602. The second kappa shape index (κ2) is 6.01. The fourth-order valence-electron chi connectivity index (χ4n) is 1.04. The van der Waals surface area contributed by atoms with Gasteiger partial charge < -0.3 is 14.2 Å². The van der Waals surface area contributed by atoms with Gasteiger partial charge in [0.05, 0.1) is 18.2 Å². The van der Waals surface area contributed by atoms with E-state index < -0.39 is 0 Å². The average Bonchev–Trinajstić information content (AvgIpc) is 2.18. The summed E-state index contributed by atoms with van der Waals surface area (Å²) in [4.78, 5) is 0. The number of hydrogen-bond acceptors (Lipinski definition) is 3. The Kier molecular flexibility index (Phi) is 4.93. The molecule has 0 aliphatic heterocycles. The van der Waals surface area contributed by atoms with Crippen LogP contribution in [0, 0.1) is 0 Å². The molecule has 0 spiro atoms. The van der Waals surface area contributed by atoms with Crippen molar-refractivity contribution in [2.24, 2.45) is 0 Å². The molecule has 0 unspecified atom stereocenters. The minimum atomic E-state index is 0.309. The van der Waals surface area contributed by atoms with Gasteiger partial charge in [0, 0.05) is 7.11 Å². The summed E-state index contributed by atoms with van der Waals surface area (Å²) < 4.78 is 16.0. The van der Waals surface area contributed by atoms with Crippen molar-refractivity contribution in [2.45, 2.75) is 6.61 Å². The fraction of sp³-hybridized carbons (Fsp3) is 0.400. The first kappa shape index (κ1) is 11.5. The molecule has 0 aromatic heterocycles. The smallest absolute Gasteiger partial charge is 0.146 e. The predicted octanol–water partition coefficient (Wildman–Crippen LogP) is 2.58. The number of methoxy groups -OCH3 is 2. The lowest BCUT2D eigenvalue weighted by molar-refractivity contribution is -0.0390. The van der Waals surface area contributed by atoms with Crippen LogP contribution in [0.5, 0.6) is 5.75 Å². The zero-order valence-corrected chi connectivity index (χ0v) is 9.83. The van der Waals surface area contributed by atoms with E-state index in [9.17, 15) is 0 Å². The molecular weight excluding hydrogens is 248 g/mol. The minimum Gasteiger partial charge on any atom is -0.496 e. The highest BCUT2D eigenvalue weighted by atomic mass is 79.9. The molecule has 0 saturated carbocycles. The van der Waals surface area contributed by atoms with E-state index in [0.29, 0.717) is 13.4 Å². The third-order valence-corrected chi connectivity index (χ3v) is 2.31. The van der Waals surface area contributed by atoms with Crippen LogP contribution in [-0.2, 0) is 16.1 Å².